The highest BCUT2D eigenvalue weighted by Crippen LogP contribution is 2.25. The minimum absolute atomic E-state index is 0.0723. The van der Waals surface area contributed by atoms with Crippen molar-refractivity contribution in [1.29, 1.82) is 0 Å². The van der Waals surface area contributed by atoms with Crippen LogP contribution in [-0.2, 0) is 6.61 Å². The Kier molecular flexibility index (Phi) is 4.85. The molecule has 28 heavy (non-hydrogen) atoms. The van der Waals surface area contributed by atoms with Crippen LogP contribution in [0.3, 0.4) is 0 Å². The van der Waals surface area contributed by atoms with E-state index in [1.807, 2.05) is 42.5 Å². The van der Waals surface area contributed by atoms with Crippen molar-refractivity contribution in [3.63, 3.8) is 0 Å². The number of ether oxygens (including phenoxy) is 2. The molecule has 0 fully saturated rings. The molecule has 0 N–H and O–H groups in total. The molecule has 1 aromatic heterocycles. The Bertz CT molecular complexity index is 1170. The maximum Gasteiger partial charge on any atom is 0.200 e. The van der Waals surface area contributed by atoms with Crippen molar-refractivity contribution in [3.05, 3.63) is 94.3 Å². The summed E-state index contributed by atoms with van der Waals surface area (Å²) in [5, 5.41) is 0.525. The Hall–Kier alpha value is -3.53. The Labute approximate surface area is 163 Å². The summed E-state index contributed by atoms with van der Waals surface area (Å²) in [7, 11) is 1.61. The van der Waals surface area contributed by atoms with Crippen LogP contribution in [0.25, 0.3) is 22.1 Å². The van der Waals surface area contributed by atoms with Gasteiger partial charge in [-0.3, -0.25) is 4.79 Å². The highest BCUT2D eigenvalue weighted by Gasteiger charge is 2.10. The summed E-state index contributed by atoms with van der Waals surface area (Å²) in [4.78, 5) is 12.9. The maximum absolute atomic E-state index is 12.9. The second-order valence-corrected chi connectivity index (χ2v) is 6.58. The van der Waals surface area contributed by atoms with E-state index in [0.717, 1.165) is 16.9 Å². The van der Waals surface area contributed by atoms with Crippen molar-refractivity contribution in [2.75, 3.05) is 7.11 Å². The largest absolute Gasteiger partial charge is 0.497 e. The molecule has 4 aromatic rings. The third kappa shape index (κ3) is 3.49. The molecule has 0 spiro atoms. The van der Waals surface area contributed by atoms with Crippen LogP contribution >= 0.6 is 0 Å². The molecular weight excluding hydrogens is 352 g/mol. The molecule has 0 saturated carbocycles. The topological polar surface area (TPSA) is 48.7 Å². The van der Waals surface area contributed by atoms with E-state index in [1.165, 1.54) is 11.8 Å². The molecule has 0 aliphatic carbocycles. The predicted molar refractivity (Wildman–Crippen MR) is 110 cm³/mol. The van der Waals surface area contributed by atoms with Crippen LogP contribution in [0.2, 0.25) is 0 Å². The fourth-order valence-corrected chi connectivity index (χ4v) is 3.10. The zero-order valence-corrected chi connectivity index (χ0v) is 15.8. The van der Waals surface area contributed by atoms with Crippen molar-refractivity contribution in [2.45, 2.75) is 13.5 Å². The van der Waals surface area contributed by atoms with E-state index in [4.69, 9.17) is 13.9 Å². The highest BCUT2D eigenvalue weighted by atomic mass is 16.5. The molecule has 0 unspecified atom stereocenters. The molecule has 4 nitrogen and oxygen atoms in total. The van der Waals surface area contributed by atoms with E-state index in [2.05, 4.69) is 13.0 Å². The first-order valence-electron chi connectivity index (χ1n) is 9.03. The van der Waals surface area contributed by atoms with Gasteiger partial charge in [0.1, 0.15) is 30.0 Å². The standard InChI is InChI=1S/C24H20O4/c1-16-5-3-4-6-18(16)14-27-20-11-12-21-23(13-20)28-15-22(24(21)25)17-7-9-19(26-2)10-8-17/h3-13,15H,14H2,1-2H3. The van der Waals surface area contributed by atoms with Gasteiger partial charge in [0, 0.05) is 6.07 Å². The van der Waals surface area contributed by atoms with Gasteiger partial charge in [0.05, 0.1) is 18.1 Å². The van der Waals surface area contributed by atoms with Gasteiger partial charge in [0.15, 0.2) is 5.43 Å². The van der Waals surface area contributed by atoms with Gasteiger partial charge >= 0.3 is 0 Å². The van der Waals surface area contributed by atoms with Crippen molar-refractivity contribution in [3.8, 4) is 22.6 Å². The summed E-state index contributed by atoms with van der Waals surface area (Å²) in [6.07, 6.45) is 1.50. The minimum Gasteiger partial charge on any atom is -0.497 e. The van der Waals surface area contributed by atoms with E-state index in [9.17, 15) is 4.79 Å². The summed E-state index contributed by atoms with van der Waals surface area (Å²) in [6.45, 7) is 2.52. The van der Waals surface area contributed by atoms with E-state index >= 15 is 0 Å². The molecule has 4 heteroatoms. The number of rotatable bonds is 5. The molecule has 0 bridgehead atoms. The smallest absolute Gasteiger partial charge is 0.200 e. The second-order valence-electron chi connectivity index (χ2n) is 6.58. The molecule has 0 aliphatic rings. The number of hydrogen-bond donors (Lipinski definition) is 0. The van der Waals surface area contributed by atoms with Gasteiger partial charge in [-0.15, -0.1) is 0 Å². The van der Waals surface area contributed by atoms with E-state index in [-0.39, 0.29) is 5.43 Å². The van der Waals surface area contributed by atoms with Crippen molar-refractivity contribution in [1.82, 2.24) is 0 Å². The fraction of sp³-hybridized carbons (Fsp3) is 0.125. The normalized spacial score (nSPS) is 10.8. The summed E-state index contributed by atoms with van der Waals surface area (Å²) in [5.41, 5.74) is 4.04. The molecule has 0 radical (unpaired) electrons. The highest BCUT2D eigenvalue weighted by molar-refractivity contribution is 5.82. The van der Waals surface area contributed by atoms with Crippen LogP contribution in [0.1, 0.15) is 11.1 Å². The fourth-order valence-electron chi connectivity index (χ4n) is 3.10. The molecule has 0 aliphatic heterocycles. The number of hydrogen-bond acceptors (Lipinski definition) is 4. The summed E-state index contributed by atoms with van der Waals surface area (Å²) >= 11 is 0. The summed E-state index contributed by atoms with van der Waals surface area (Å²) < 4.78 is 16.8. The summed E-state index contributed by atoms with van der Waals surface area (Å²) in [6, 6.07) is 20.7. The molecule has 4 rings (SSSR count). The Morgan fingerprint density at radius 1 is 0.929 bits per heavy atom. The molecular formula is C24H20O4. The average molecular weight is 372 g/mol. The lowest BCUT2D eigenvalue weighted by Gasteiger charge is -2.09. The molecule has 0 saturated heterocycles. The zero-order chi connectivity index (χ0) is 19.5. The third-order valence-electron chi connectivity index (χ3n) is 4.80. The van der Waals surface area contributed by atoms with Crippen LogP contribution in [0, 0.1) is 6.92 Å². The van der Waals surface area contributed by atoms with Gasteiger partial charge in [-0.2, -0.15) is 0 Å². The van der Waals surface area contributed by atoms with E-state index in [1.54, 1.807) is 25.3 Å². The lowest BCUT2D eigenvalue weighted by molar-refractivity contribution is 0.305. The van der Waals surface area contributed by atoms with Crippen LogP contribution in [-0.4, -0.2) is 7.11 Å². The van der Waals surface area contributed by atoms with Crippen molar-refractivity contribution >= 4 is 11.0 Å². The van der Waals surface area contributed by atoms with Crippen LogP contribution in [0.15, 0.2) is 82.2 Å². The van der Waals surface area contributed by atoms with Gasteiger partial charge in [-0.05, 0) is 47.9 Å². The second kappa shape index (κ2) is 7.61. The van der Waals surface area contributed by atoms with Crippen molar-refractivity contribution < 1.29 is 13.9 Å². The van der Waals surface area contributed by atoms with Gasteiger partial charge < -0.3 is 13.9 Å². The Morgan fingerprint density at radius 3 is 2.43 bits per heavy atom. The molecule has 0 atom stereocenters. The lowest BCUT2D eigenvalue weighted by Crippen LogP contribution is -2.05. The Morgan fingerprint density at radius 2 is 1.68 bits per heavy atom. The number of aryl methyl sites for hydroxylation is 1. The van der Waals surface area contributed by atoms with Crippen LogP contribution < -0.4 is 14.9 Å². The average Bonchev–Trinajstić information content (AvgIpc) is 2.73. The van der Waals surface area contributed by atoms with Gasteiger partial charge in [0.25, 0.3) is 0 Å². The van der Waals surface area contributed by atoms with Gasteiger partial charge in [0.2, 0.25) is 0 Å². The first kappa shape index (κ1) is 17.9. The first-order valence-corrected chi connectivity index (χ1v) is 9.03. The number of fused-ring (bicyclic) bond motifs is 1. The zero-order valence-electron chi connectivity index (χ0n) is 15.8. The first-order chi connectivity index (χ1) is 13.7. The van der Waals surface area contributed by atoms with Gasteiger partial charge in [-0.25, -0.2) is 0 Å². The van der Waals surface area contributed by atoms with Crippen LogP contribution in [0.5, 0.6) is 11.5 Å². The molecule has 0 amide bonds. The molecule has 3 aromatic carbocycles. The number of methoxy groups -OCH3 is 1. The minimum atomic E-state index is -0.0723. The van der Waals surface area contributed by atoms with E-state index in [0.29, 0.717) is 28.9 Å². The predicted octanol–water partition coefficient (Wildman–Crippen LogP) is 5.36. The Balaban J connectivity index is 1.62. The molecule has 1 heterocycles. The van der Waals surface area contributed by atoms with Crippen molar-refractivity contribution in [2.24, 2.45) is 0 Å². The monoisotopic (exact) mass is 372 g/mol. The number of benzene rings is 3. The quantitative estimate of drug-likeness (QED) is 0.473. The molecule has 140 valence electrons. The van der Waals surface area contributed by atoms with E-state index < -0.39 is 0 Å². The van der Waals surface area contributed by atoms with Crippen LogP contribution in [0.4, 0.5) is 0 Å². The van der Waals surface area contributed by atoms with Gasteiger partial charge in [-0.1, -0.05) is 36.4 Å². The SMILES string of the molecule is COc1ccc(-c2coc3cc(OCc4ccccc4C)ccc3c2=O)cc1. The lowest BCUT2D eigenvalue weighted by atomic mass is 10.1. The summed E-state index contributed by atoms with van der Waals surface area (Å²) in [5.74, 6) is 1.40. The maximum atomic E-state index is 12.9. The third-order valence-corrected chi connectivity index (χ3v) is 4.80.